The fourth-order valence-electron chi connectivity index (χ4n) is 5.14. The highest BCUT2D eigenvalue weighted by Gasteiger charge is 2.25. The second kappa shape index (κ2) is 6.88. The average Bonchev–Trinajstić information content (AvgIpc) is 3.08. The van der Waals surface area contributed by atoms with Crippen molar-refractivity contribution in [3.8, 4) is 16.8 Å². The van der Waals surface area contributed by atoms with Crippen LogP contribution < -0.4 is 0 Å². The normalized spacial score (nSPS) is 14.3. The monoisotopic (exact) mass is 387 g/mol. The Labute approximate surface area is 177 Å². The third kappa shape index (κ3) is 2.55. The lowest BCUT2D eigenvalue weighted by molar-refractivity contribution is 0.420. The predicted molar refractivity (Wildman–Crippen MR) is 128 cm³/mol. The van der Waals surface area contributed by atoms with E-state index in [2.05, 4.69) is 102 Å². The Hall–Kier alpha value is -3.32. The summed E-state index contributed by atoms with van der Waals surface area (Å²) >= 11 is 0. The van der Waals surface area contributed by atoms with Crippen molar-refractivity contribution in [1.82, 2.24) is 4.57 Å². The minimum atomic E-state index is 0.699. The van der Waals surface area contributed by atoms with Crippen LogP contribution >= 0.6 is 0 Å². The van der Waals surface area contributed by atoms with Crippen molar-refractivity contribution in [2.45, 2.75) is 32.1 Å². The molecule has 0 radical (unpaired) electrons. The predicted octanol–water partition coefficient (Wildman–Crippen LogP) is 8.03. The first-order chi connectivity index (χ1) is 14.8. The smallest absolute Gasteiger partial charge is 0.0622 e. The maximum atomic E-state index is 2.46. The minimum absolute atomic E-state index is 0.699. The summed E-state index contributed by atoms with van der Waals surface area (Å²) in [6, 6.07) is 33.3. The fourth-order valence-corrected chi connectivity index (χ4v) is 5.14. The van der Waals surface area contributed by atoms with Crippen LogP contribution in [0.5, 0.6) is 0 Å². The Morgan fingerprint density at radius 1 is 0.700 bits per heavy atom. The Morgan fingerprint density at radius 3 is 2.23 bits per heavy atom. The molecule has 0 saturated heterocycles. The van der Waals surface area contributed by atoms with E-state index in [1.165, 1.54) is 69.0 Å². The zero-order valence-electron chi connectivity index (χ0n) is 17.3. The van der Waals surface area contributed by atoms with Gasteiger partial charge in [0.15, 0.2) is 0 Å². The fraction of sp³-hybridized carbons (Fsp3) is 0.172. The van der Waals surface area contributed by atoms with E-state index < -0.39 is 0 Å². The number of aromatic nitrogens is 1. The number of para-hydroxylation sites is 2. The molecule has 5 aromatic rings. The van der Waals surface area contributed by atoms with Crippen molar-refractivity contribution in [3.63, 3.8) is 0 Å². The SMILES string of the molecule is Cc1ccc2c3ccccc3n(-c3ccccc3)c2c1-c1ccccc1C1CCC1. The summed E-state index contributed by atoms with van der Waals surface area (Å²) in [4.78, 5) is 0. The van der Waals surface area contributed by atoms with E-state index in [1.54, 1.807) is 0 Å². The van der Waals surface area contributed by atoms with Gasteiger partial charge in [0, 0.05) is 22.0 Å². The van der Waals surface area contributed by atoms with E-state index in [9.17, 15) is 0 Å². The van der Waals surface area contributed by atoms with Gasteiger partial charge in [0.25, 0.3) is 0 Å². The van der Waals surface area contributed by atoms with Gasteiger partial charge in [-0.2, -0.15) is 0 Å². The van der Waals surface area contributed by atoms with Crippen LogP contribution in [0.4, 0.5) is 0 Å². The van der Waals surface area contributed by atoms with Gasteiger partial charge in [0.2, 0.25) is 0 Å². The van der Waals surface area contributed by atoms with Crippen LogP contribution in [-0.2, 0) is 0 Å². The number of aryl methyl sites for hydroxylation is 1. The third-order valence-electron chi connectivity index (χ3n) is 6.83. The van der Waals surface area contributed by atoms with E-state index in [0.29, 0.717) is 5.92 Å². The maximum Gasteiger partial charge on any atom is 0.0622 e. The molecule has 146 valence electrons. The molecule has 1 saturated carbocycles. The van der Waals surface area contributed by atoms with E-state index in [4.69, 9.17) is 0 Å². The molecule has 0 bridgehead atoms. The van der Waals surface area contributed by atoms with Gasteiger partial charge in [0.05, 0.1) is 11.0 Å². The Morgan fingerprint density at radius 2 is 1.43 bits per heavy atom. The van der Waals surface area contributed by atoms with E-state index in [0.717, 1.165) is 0 Å². The van der Waals surface area contributed by atoms with Crippen LogP contribution in [0.2, 0.25) is 0 Å². The van der Waals surface area contributed by atoms with Crippen LogP contribution in [0, 0.1) is 6.92 Å². The first-order valence-corrected chi connectivity index (χ1v) is 11.0. The van der Waals surface area contributed by atoms with Gasteiger partial charge in [0.1, 0.15) is 0 Å². The third-order valence-corrected chi connectivity index (χ3v) is 6.83. The number of fused-ring (bicyclic) bond motifs is 3. The van der Waals surface area contributed by atoms with Gasteiger partial charge in [-0.25, -0.2) is 0 Å². The average molecular weight is 388 g/mol. The molecule has 1 aliphatic rings. The van der Waals surface area contributed by atoms with E-state index in [-0.39, 0.29) is 0 Å². The number of hydrogen-bond acceptors (Lipinski definition) is 0. The van der Waals surface area contributed by atoms with Crippen molar-refractivity contribution < 1.29 is 0 Å². The summed E-state index contributed by atoms with van der Waals surface area (Å²) in [7, 11) is 0. The molecular formula is C29H25N. The molecule has 6 rings (SSSR count). The van der Waals surface area contributed by atoms with E-state index >= 15 is 0 Å². The molecule has 0 aliphatic heterocycles. The van der Waals surface area contributed by atoms with Crippen molar-refractivity contribution >= 4 is 21.8 Å². The second-order valence-electron chi connectivity index (χ2n) is 8.56. The quantitative estimate of drug-likeness (QED) is 0.295. The first kappa shape index (κ1) is 17.5. The maximum absolute atomic E-state index is 2.46. The lowest BCUT2D eigenvalue weighted by Crippen LogP contribution is -2.10. The molecule has 1 heteroatoms. The number of hydrogen-bond donors (Lipinski definition) is 0. The molecule has 1 nitrogen and oxygen atoms in total. The summed E-state index contributed by atoms with van der Waals surface area (Å²) in [5.74, 6) is 0.699. The topological polar surface area (TPSA) is 4.93 Å². The number of benzene rings is 4. The molecule has 0 atom stereocenters. The largest absolute Gasteiger partial charge is 0.309 e. The lowest BCUT2D eigenvalue weighted by Gasteiger charge is -2.28. The van der Waals surface area contributed by atoms with Crippen molar-refractivity contribution in [2.75, 3.05) is 0 Å². The summed E-state index contributed by atoms with van der Waals surface area (Å²) < 4.78 is 2.46. The summed E-state index contributed by atoms with van der Waals surface area (Å²) in [6.45, 7) is 2.26. The molecule has 0 unspecified atom stereocenters. The molecular weight excluding hydrogens is 362 g/mol. The first-order valence-electron chi connectivity index (χ1n) is 11.0. The zero-order valence-corrected chi connectivity index (χ0v) is 17.3. The van der Waals surface area contributed by atoms with Crippen LogP contribution in [-0.4, -0.2) is 4.57 Å². The van der Waals surface area contributed by atoms with Gasteiger partial charge >= 0.3 is 0 Å². The highest BCUT2D eigenvalue weighted by molar-refractivity contribution is 6.14. The van der Waals surface area contributed by atoms with Gasteiger partial charge in [-0.15, -0.1) is 0 Å². The van der Waals surface area contributed by atoms with Crippen LogP contribution in [0.3, 0.4) is 0 Å². The van der Waals surface area contributed by atoms with Crippen LogP contribution in [0.25, 0.3) is 38.6 Å². The molecule has 1 aliphatic carbocycles. The zero-order chi connectivity index (χ0) is 20.1. The van der Waals surface area contributed by atoms with Crippen molar-refractivity contribution in [1.29, 1.82) is 0 Å². The molecule has 1 aromatic heterocycles. The molecule has 1 heterocycles. The minimum Gasteiger partial charge on any atom is -0.309 e. The van der Waals surface area contributed by atoms with Gasteiger partial charge in [-0.3, -0.25) is 0 Å². The molecule has 0 spiro atoms. The molecule has 0 N–H and O–H groups in total. The standard InChI is InChI=1S/C29H25N/c1-20-18-19-26-24-15-7-8-17-27(24)30(22-12-3-2-4-13-22)29(26)28(20)25-16-6-5-14-23(25)21-10-9-11-21/h2-8,12-19,21H,9-11H2,1H3. The highest BCUT2D eigenvalue weighted by atomic mass is 15.0. The summed E-state index contributed by atoms with van der Waals surface area (Å²) in [6.07, 6.45) is 3.98. The Kier molecular flexibility index (Phi) is 4.02. The summed E-state index contributed by atoms with van der Waals surface area (Å²) in [5, 5.41) is 2.65. The van der Waals surface area contributed by atoms with Gasteiger partial charge in [-0.05, 0) is 60.6 Å². The van der Waals surface area contributed by atoms with Gasteiger partial charge in [-0.1, -0.05) is 79.2 Å². The molecule has 1 fully saturated rings. The molecule has 30 heavy (non-hydrogen) atoms. The highest BCUT2D eigenvalue weighted by Crippen LogP contribution is 2.45. The van der Waals surface area contributed by atoms with Crippen LogP contribution in [0.15, 0.2) is 91.0 Å². The molecule has 4 aromatic carbocycles. The Bertz CT molecular complexity index is 1370. The van der Waals surface area contributed by atoms with Crippen molar-refractivity contribution in [3.05, 3.63) is 102 Å². The van der Waals surface area contributed by atoms with Crippen LogP contribution in [0.1, 0.15) is 36.3 Å². The van der Waals surface area contributed by atoms with Crippen molar-refractivity contribution in [2.24, 2.45) is 0 Å². The van der Waals surface area contributed by atoms with Gasteiger partial charge < -0.3 is 4.57 Å². The summed E-state index contributed by atoms with van der Waals surface area (Å²) in [5.41, 5.74) is 9.47. The number of rotatable bonds is 3. The molecule has 0 amide bonds. The second-order valence-corrected chi connectivity index (χ2v) is 8.56. The Balaban J connectivity index is 1.78. The lowest BCUT2D eigenvalue weighted by atomic mass is 9.76. The van der Waals surface area contributed by atoms with E-state index in [1.807, 2.05) is 0 Å². The number of nitrogens with zero attached hydrogens (tertiary/aromatic N) is 1.